The molecular formula is C58H61Cl2N3O13. The standard InChI is InChI=1S/2C19H19NO4.C10H10O3.C9H11NO2.CH2Cl2/c2*1-13(15-7-8-17-18(11-15)24-12-23-17)20-19(21)9-6-14-4-3-5-16(10-14)22-2;1-13-9-4-2-3-8(7-9)5-6-10(11)12;1-6(10)7-2-3-8-9(4-7)12-5-11-8;2-1-3/h2*3-11,13H,12H2,1-2H3,(H,20,21);2-7H,1H3,(H,11,12);2-4,6H,5,10H2,1H3;1H2/b2*9-6+;6-5+;;. The number of methoxy groups -OCH3 is 3. The first-order valence-corrected chi connectivity index (χ1v) is 24.7. The van der Waals surface area contributed by atoms with Crippen molar-refractivity contribution in [1.82, 2.24) is 10.6 Å². The summed E-state index contributed by atoms with van der Waals surface area (Å²) in [5.74, 6) is 5.43. The van der Waals surface area contributed by atoms with Crippen LogP contribution in [-0.2, 0) is 14.4 Å². The highest BCUT2D eigenvalue weighted by atomic mass is 35.5. The molecule has 2 amide bonds. The number of halogens is 2. The molecule has 0 aliphatic carbocycles. The van der Waals surface area contributed by atoms with Crippen LogP contribution in [0.15, 0.2) is 146 Å². The first-order chi connectivity index (χ1) is 36.7. The summed E-state index contributed by atoms with van der Waals surface area (Å²) in [6, 6.07) is 39.1. The first kappa shape index (κ1) is 58.6. The summed E-state index contributed by atoms with van der Waals surface area (Å²) in [5, 5.41) is 14.4. The lowest BCUT2D eigenvalue weighted by Gasteiger charge is -2.13. The summed E-state index contributed by atoms with van der Waals surface area (Å²) >= 11 is 9.53. The number of ether oxygens (including phenoxy) is 9. The summed E-state index contributed by atoms with van der Waals surface area (Å²) in [6.07, 6.45) is 9.14. The minimum Gasteiger partial charge on any atom is -0.497 e. The van der Waals surface area contributed by atoms with Gasteiger partial charge in [-0.1, -0.05) is 54.6 Å². The molecule has 400 valence electrons. The number of alkyl halides is 2. The van der Waals surface area contributed by atoms with Gasteiger partial charge < -0.3 is 64.1 Å². The molecule has 6 aromatic carbocycles. The molecule has 6 aromatic rings. The zero-order valence-electron chi connectivity index (χ0n) is 42.8. The zero-order chi connectivity index (χ0) is 54.8. The van der Waals surface area contributed by atoms with Crippen molar-refractivity contribution in [3.8, 4) is 51.7 Å². The number of amides is 2. The Bertz CT molecular complexity index is 2820. The summed E-state index contributed by atoms with van der Waals surface area (Å²) < 4.78 is 47.0. The van der Waals surface area contributed by atoms with E-state index < -0.39 is 5.97 Å². The van der Waals surface area contributed by atoms with Gasteiger partial charge >= 0.3 is 5.97 Å². The van der Waals surface area contributed by atoms with Gasteiger partial charge in [0.2, 0.25) is 32.2 Å². The number of nitrogens with two attached hydrogens (primary N) is 1. The molecule has 3 aliphatic heterocycles. The van der Waals surface area contributed by atoms with Gasteiger partial charge in [0.1, 0.15) is 17.2 Å². The molecule has 0 spiro atoms. The van der Waals surface area contributed by atoms with Crippen molar-refractivity contribution < 1.29 is 62.1 Å². The fraction of sp³-hybridized carbons (Fsp3) is 0.224. The number of carboxylic acids is 1. The Balaban J connectivity index is 0.000000192. The van der Waals surface area contributed by atoms with Crippen LogP contribution in [0, 0.1) is 0 Å². The monoisotopic (exact) mass is 1080 g/mol. The maximum atomic E-state index is 12.1. The number of benzene rings is 6. The minimum atomic E-state index is -0.956. The van der Waals surface area contributed by atoms with E-state index in [1.165, 1.54) is 18.2 Å². The number of hydrogen-bond donors (Lipinski definition) is 4. The fourth-order valence-corrected chi connectivity index (χ4v) is 7.00. The van der Waals surface area contributed by atoms with Gasteiger partial charge in [-0.3, -0.25) is 9.59 Å². The minimum absolute atomic E-state index is 0.0412. The molecule has 0 fully saturated rings. The maximum Gasteiger partial charge on any atom is 0.328 e. The molecule has 3 unspecified atom stereocenters. The number of carbonyl (C=O) groups is 3. The molecule has 16 nitrogen and oxygen atoms in total. The van der Waals surface area contributed by atoms with Crippen molar-refractivity contribution in [2.75, 3.05) is 47.0 Å². The third kappa shape index (κ3) is 19.2. The predicted octanol–water partition coefficient (Wildman–Crippen LogP) is 11.3. The van der Waals surface area contributed by atoms with Gasteiger partial charge in [0, 0.05) is 24.3 Å². The topological polar surface area (TPSA) is 205 Å². The number of nitrogens with one attached hydrogen (secondary N) is 2. The van der Waals surface area contributed by atoms with Crippen LogP contribution in [0.2, 0.25) is 0 Å². The quantitative estimate of drug-likeness (QED) is 0.0592. The predicted molar refractivity (Wildman–Crippen MR) is 294 cm³/mol. The van der Waals surface area contributed by atoms with E-state index in [1.54, 1.807) is 51.7 Å². The number of fused-ring (bicyclic) bond motifs is 3. The Hall–Kier alpha value is -8.31. The third-order valence-corrected chi connectivity index (χ3v) is 11.0. The largest absolute Gasteiger partial charge is 0.497 e. The lowest BCUT2D eigenvalue weighted by atomic mass is 10.1. The maximum absolute atomic E-state index is 12.1. The molecule has 3 heterocycles. The fourth-order valence-electron chi connectivity index (χ4n) is 7.00. The second kappa shape index (κ2) is 30.8. The van der Waals surface area contributed by atoms with Gasteiger partial charge in [-0.2, -0.15) is 0 Å². The summed E-state index contributed by atoms with van der Waals surface area (Å²) in [6.45, 7) is 6.59. The van der Waals surface area contributed by atoms with Crippen molar-refractivity contribution in [1.29, 1.82) is 0 Å². The van der Waals surface area contributed by atoms with E-state index >= 15 is 0 Å². The first-order valence-electron chi connectivity index (χ1n) is 23.6. The Morgan fingerprint density at radius 1 is 0.513 bits per heavy atom. The Morgan fingerprint density at radius 3 is 1.16 bits per heavy atom. The highest BCUT2D eigenvalue weighted by Gasteiger charge is 2.18. The molecule has 76 heavy (non-hydrogen) atoms. The van der Waals surface area contributed by atoms with Crippen LogP contribution >= 0.6 is 23.2 Å². The normalized spacial score (nSPS) is 13.2. The number of carbonyl (C=O) groups excluding carboxylic acids is 2. The summed E-state index contributed by atoms with van der Waals surface area (Å²) in [4.78, 5) is 34.4. The number of aliphatic carboxylic acids is 1. The van der Waals surface area contributed by atoms with E-state index in [4.69, 9.17) is 76.7 Å². The average Bonchev–Trinajstić information content (AvgIpc) is 4.24. The highest BCUT2D eigenvalue weighted by Crippen LogP contribution is 2.36. The molecule has 18 heteroatoms. The third-order valence-electron chi connectivity index (χ3n) is 11.0. The van der Waals surface area contributed by atoms with Gasteiger partial charge in [-0.05, 0) is 145 Å². The van der Waals surface area contributed by atoms with E-state index in [9.17, 15) is 14.4 Å². The van der Waals surface area contributed by atoms with Crippen molar-refractivity contribution in [2.45, 2.75) is 38.9 Å². The van der Waals surface area contributed by atoms with Crippen LogP contribution in [0.25, 0.3) is 18.2 Å². The van der Waals surface area contributed by atoms with Crippen LogP contribution in [-0.4, -0.2) is 69.9 Å². The average molecular weight is 1080 g/mol. The van der Waals surface area contributed by atoms with Crippen molar-refractivity contribution in [2.24, 2.45) is 5.73 Å². The molecule has 0 bridgehead atoms. The number of rotatable bonds is 14. The van der Waals surface area contributed by atoms with Crippen LogP contribution in [0.4, 0.5) is 0 Å². The van der Waals surface area contributed by atoms with Crippen molar-refractivity contribution in [3.05, 3.63) is 179 Å². The smallest absolute Gasteiger partial charge is 0.328 e. The van der Waals surface area contributed by atoms with Crippen LogP contribution in [0.5, 0.6) is 51.7 Å². The van der Waals surface area contributed by atoms with Gasteiger partial charge in [-0.15, -0.1) is 23.2 Å². The molecule has 0 saturated carbocycles. The van der Waals surface area contributed by atoms with E-state index in [2.05, 4.69) is 10.6 Å². The highest BCUT2D eigenvalue weighted by molar-refractivity contribution is 6.40. The summed E-state index contributed by atoms with van der Waals surface area (Å²) in [5.41, 5.74) is 11.3. The van der Waals surface area contributed by atoms with Gasteiger partial charge in [0.15, 0.2) is 34.5 Å². The van der Waals surface area contributed by atoms with Crippen LogP contribution in [0.3, 0.4) is 0 Å². The Kier molecular flexibility index (Phi) is 23.7. The number of carboxylic acid groups (broad SMARTS) is 1. The molecule has 9 rings (SSSR count). The molecular weight excluding hydrogens is 1020 g/mol. The van der Waals surface area contributed by atoms with E-state index in [0.29, 0.717) is 24.0 Å². The molecule has 0 radical (unpaired) electrons. The van der Waals surface area contributed by atoms with Crippen molar-refractivity contribution >= 4 is 59.2 Å². The van der Waals surface area contributed by atoms with Gasteiger partial charge in [0.25, 0.3) is 0 Å². The van der Waals surface area contributed by atoms with Crippen LogP contribution < -0.4 is 59.0 Å². The molecule has 0 saturated heterocycles. The zero-order valence-corrected chi connectivity index (χ0v) is 44.3. The molecule has 0 aromatic heterocycles. The van der Waals surface area contributed by atoms with Gasteiger partial charge in [0.05, 0.1) is 38.8 Å². The van der Waals surface area contributed by atoms with Gasteiger partial charge in [-0.25, -0.2) is 4.79 Å². The van der Waals surface area contributed by atoms with Crippen LogP contribution in [0.1, 0.15) is 72.3 Å². The Labute approximate surface area is 452 Å². The molecule has 3 aliphatic rings. The van der Waals surface area contributed by atoms with E-state index in [-0.39, 0.29) is 48.9 Å². The second-order valence-electron chi connectivity index (χ2n) is 16.4. The lowest BCUT2D eigenvalue weighted by molar-refractivity contribution is -0.131. The lowest BCUT2D eigenvalue weighted by Crippen LogP contribution is -2.24. The molecule has 3 atom stereocenters. The second-order valence-corrected chi connectivity index (χ2v) is 17.2. The summed E-state index contributed by atoms with van der Waals surface area (Å²) in [7, 11) is 4.80. The molecule has 5 N–H and O–H groups in total. The Morgan fingerprint density at radius 2 is 0.829 bits per heavy atom. The number of hydrogen-bond acceptors (Lipinski definition) is 13. The van der Waals surface area contributed by atoms with E-state index in [0.717, 1.165) is 74.0 Å². The van der Waals surface area contributed by atoms with E-state index in [1.807, 2.05) is 130 Å². The van der Waals surface area contributed by atoms with Crippen molar-refractivity contribution in [3.63, 3.8) is 0 Å². The SMILES string of the molecule is CC(N)c1ccc2c(c1)OCO2.COc1cccc(/C=C/C(=O)NC(C)c2ccc3c(c2)OCO3)c1.COc1cccc(/C=C/C(=O)NC(C)c2ccc3c(c2)OCO3)c1.COc1cccc(/C=C/C(=O)O)c1.ClCCl.